The third-order valence-electron chi connectivity index (χ3n) is 1.44. The van der Waals surface area contributed by atoms with Crippen molar-refractivity contribution in [3.8, 4) is 0 Å². The summed E-state index contributed by atoms with van der Waals surface area (Å²) in [6, 6.07) is 5.00. The van der Waals surface area contributed by atoms with Crippen molar-refractivity contribution >= 4 is 22.0 Å². The van der Waals surface area contributed by atoms with E-state index in [-0.39, 0.29) is 5.82 Å². The van der Waals surface area contributed by atoms with E-state index in [4.69, 9.17) is 0 Å². The van der Waals surface area contributed by atoms with Crippen molar-refractivity contribution in [2.24, 2.45) is 0 Å². The fourth-order valence-corrected chi connectivity index (χ4v) is 1.15. The average molecular weight is 215 g/mol. The fourth-order valence-electron chi connectivity index (χ4n) is 0.844. The summed E-state index contributed by atoms with van der Waals surface area (Å²) in [5.74, 6) is -0.156. The van der Waals surface area contributed by atoms with Crippen molar-refractivity contribution in [2.45, 2.75) is 6.92 Å². The molecular weight excluding hydrogens is 207 g/mol. The molecule has 58 valence electrons. The highest BCUT2D eigenvalue weighted by Crippen LogP contribution is 2.10. The van der Waals surface area contributed by atoms with E-state index in [0.717, 1.165) is 5.56 Å². The van der Waals surface area contributed by atoms with Crippen LogP contribution in [0.1, 0.15) is 11.1 Å². The van der Waals surface area contributed by atoms with E-state index in [1.165, 1.54) is 6.07 Å². The summed E-state index contributed by atoms with van der Waals surface area (Å²) in [6.45, 7) is 1.75. The molecule has 0 saturated heterocycles. The molecule has 0 heterocycles. The first kappa shape index (κ1) is 8.47. The molecule has 0 aliphatic heterocycles. The minimum Gasteiger partial charge on any atom is -0.207 e. The second-order valence-corrected chi connectivity index (χ2v) is 2.83. The van der Waals surface area contributed by atoms with E-state index in [1.807, 2.05) is 6.08 Å². The molecule has 0 unspecified atom stereocenters. The molecule has 2 heteroatoms. The summed E-state index contributed by atoms with van der Waals surface area (Å²) in [7, 11) is 0. The molecule has 0 aliphatic rings. The second-order valence-electron chi connectivity index (χ2n) is 2.30. The number of hydrogen-bond donors (Lipinski definition) is 0. The quantitative estimate of drug-likeness (QED) is 0.672. The lowest BCUT2D eigenvalue weighted by atomic mass is 10.1. The van der Waals surface area contributed by atoms with Gasteiger partial charge in [0, 0.05) is 0 Å². The predicted octanol–water partition coefficient (Wildman–Crippen LogP) is 3.50. The minimum atomic E-state index is -0.156. The van der Waals surface area contributed by atoms with Crippen LogP contribution in [0.4, 0.5) is 4.39 Å². The number of aryl methyl sites for hydroxylation is 1. The lowest BCUT2D eigenvalue weighted by Crippen LogP contribution is -1.81. The van der Waals surface area contributed by atoms with Gasteiger partial charge in [0.1, 0.15) is 5.82 Å². The van der Waals surface area contributed by atoms with E-state index in [0.29, 0.717) is 5.56 Å². The predicted molar refractivity (Wildman–Crippen MR) is 49.1 cm³/mol. The van der Waals surface area contributed by atoms with E-state index in [1.54, 1.807) is 24.0 Å². The average Bonchev–Trinajstić information content (AvgIpc) is 1.98. The number of hydrogen-bond acceptors (Lipinski definition) is 0. The molecule has 0 nitrogen and oxygen atoms in total. The van der Waals surface area contributed by atoms with E-state index in [2.05, 4.69) is 15.9 Å². The molecule has 1 rings (SSSR count). The highest BCUT2D eigenvalue weighted by Gasteiger charge is 1.94. The molecule has 1 aromatic rings. The summed E-state index contributed by atoms with van der Waals surface area (Å²) in [5.41, 5.74) is 1.67. The normalized spacial score (nSPS) is 10.8. The Morgan fingerprint density at radius 3 is 2.73 bits per heavy atom. The van der Waals surface area contributed by atoms with Gasteiger partial charge >= 0.3 is 0 Å². The van der Waals surface area contributed by atoms with Crippen LogP contribution >= 0.6 is 15.9 Å². The molecular formula is C9H8BrF. The van der Waals surface area contributed by atoms with Gasteiger partial charge in [-0.1, -0.05) is 22.0 Å². The zero-order chi connectivity index (χ0) is 8.27. The molecule has 0 saturated carbocycles. The van der Waals surface area contributed by atoms with Crippen molar-refractivity contribution in [1.82, 2.24) is 0 Å². The van der Waals surface area contributed by atoms with Crippen LogP contribution in [0.15, 0.2) is 23.2 Å². The van der Waals surface area contributed by atoms with Crippen LogP contribution in [0.25, 0.3) is 6.08 Å². The maximum atomic E-state index is 12.7. The number of halogens is 2. The van der Waals surface area contributed by atoms with Crippen LogP contribution in [0.3, 0.4) is 0 Å². The van der Waals surface area contributed by atoms with Gasteiger partial charge in [-0.05, 0) is 41.2 Å². The summed E-state index contributed by atoms with van der Waals surface area (Å²) >= 11 is 3.15. The lowest BCUT2D eigenvalue weighted by Gasteiger charge is -1.96. The third-order valence-corrected chi connectivity index (χ3v) is 1.70. The van der Waals surface area contributed by atoms with Gasteiger partial charge in [-0.2, -0.15) is 0 Å². The third kappa shape index (κ3) is 2.15. The molecule has 11 heavy (non-hydrogen) atoms. The van der Waals surface area contributed by atoms with Gasteiger partial charge < -0.3 is 0 Å². The smallest absolute Gasteiger partial charge is 0.126 e. The highest BCUT2D eigenvalue weighted by molar-refractivity contribution is 9.11. The monoisotopic (exact) mass is 214 g/mol. The van der Waals surface area contributed by atoms with Crippen molar-refractivity contribution in [2.75, 3.05) is 0 Å². The zero-order valence-electron chi connectivity index (χ0n) is 6.14. The van der Waals surface area contributed by atoms with Crippen molar-refractivity contribution < 1.29 is 4.39 Å². The maximum absolute atomic E-state index is 12.7. The van der Waals surface area contributed by atoms with Crippen LogP contribution in [0, 0.1) is 12.7 Å². The van der Waals surface area contributed by atoms with Gasteiger partial charge in [-0.3, -0.25) is 0 Å². The number of benzene rings is 1. The van der Waals surface area contributed by atoms with Crippen LogP contribution in [-0.2, 0) is 0 Å². The molecule has 0 amide bonds. The van der Waals surface area contributed by atoms with E-state index in [9.17, 15) is 4.39 Å². The molecule has 0 atom stereocenters. The Balaban J connectivity index is 3.05. The van der Waals surface area contributed by atoms with E-state index < -0.39 is 0 Å². The first-order chi connectivity index (χ1) is 5.24. The number of rotatable bonds is 1. The molecule has 0 fully saturated rings. The molecule has 0 bridgehead atoms. The Morgan fingerprint density at radius 2 is 2.18 bits per heavy atom. The largest absolute Gasteiger partial charge is 0.207 e. The molecule has 0 aromatic heterocycles. The Hall–Kier alpha value is -0.630. The zero-order valence-corrected chi connectivity index (χ0v) is 7.73. The highest BCUT2D eigenvalue weighted by atomic mass is 79.9. The molecule has 0 radical (unpaired) electrons. The lowest BCUT2D eigenvalue weighted by molar-refractivity contribution is 0.618. The van der Waals surface area contributed by atoms with Gasteiger partial charge in [0.2, 0.25) is 0 Å². The van der Waals surface area contributed by atoms with Crippen molar-refractivity contribution in [3.05, 3.63) is 40.1 Å². The van der Waals surface area contributed by atoms with Gasteiger partial charge in [0.25, 0.3) is 0 Å². The van der Waals surface area contributed by atoms with Crippen LogP contribution in [0.5, 0.6) is 0 Å². The van der Waals surface area contributed by atoms with Gasteiger partial charge in [0.05, 0.1) is 0 Å². The van der Waals surface area contributed by atoms with Gasteiger partial charge in [-0.25, -0.2) is 4.39 Å². The first-order valence-electron chi connectivity index (χ1n) is 3.27. The fraction of sp³-hybridized carbons (Fsp3) is 0.111. The second kappa shape index (κ2) is 3.67. The van der Waals surface area contributed by atoms with Gasteiger partial charge in [0.15, 0.2) is 0 Å². The molecule has 0 spiro atoms. The Morgan fingerprint density at radius 1 is 1.45 bits per heavy atom. The van der Waals surface area contributed by atoms with Gasteiger partial charge in [-0.15, -0.1) is 0 Å². The van der Waals surface area contributed by atoms with Crippen LogP contribution in [-0.4, -0.2) is 0 Å². The van der Waals surface area contributed by atoms with Crippen LogP contribution < -0.4 is 0 Å². The minimum absolute atomic E-state index is 0.156. The summed E-state index contributed by atoms with van der Waals surface area (Å²) < 4.78 is 12.7. The summed E-state index contributed by atoms with van der Waals surface area (Å²) in [6.07, 6.45) is 1.87. The SMILES string of the molecule is Cc1cc(/C=C/Br)ccc1F. The first-order valence-corrected chi connectivity index (χ1v) is 4.18. The Labute approximate surface area is 73.9 Å². The Kier molecular flexibility index (Phi) is 2.83. The van der Waals surface area contributed by atoms with Crippen molar-refractivity contribution in [3.63, 3.8) is 0 Å². The molecule has 1 aromatic carbocycles. The summed E-state index contributed by atoms with van der Waals surface area (Å²) in [5, 5.41) is 0. The standard InChI is InChI=1S/C9H8BrF/c1-7-6-8(4-5-10)2-3-9(7)11/h2-6H,1H3/b5-4+. The molecule has 0 aliphatic carbocycles. The van der Waals surface area contributed by atoms with Crippen LogP contribution in [0.2, 0.25) is 0 Å². The van der Waals surface area contributed by atoms with E-state index >= 15 is 0 Å². The van der Waals surface area contributed by atoms with Crippen molar-refractivity contribution in [1.29, 1.82) is 0 Å². The summed E-state index contributed by atoms with van der Waals surface area (Å²) in [4.78, 5) is 1.75. The maximum Gasteiger partial charge on any atom is 0.126 e. The Bertz CT molecular complexity index is 279. The molecule has 0 N–H and O–H groups in total. The topological polar surface area (TPSA) is 0 Å².